The van der Waals surface area contributed by atoms with E-state index in [-0.39, 0.29) is 17.2 Å². The summed E-state index contributed by atoms with van der Waals surface area (Å²) in [5.41, 5.74) is -0.152. The van der Waals surface area contributed by atoms with E-state index in [1.165, 1.54) is 16.3 Å². The molecule has 2 amide bonds. The molecule has 1 saturated heterocycles. The second-order valence-electron chi connectivity index (χ2n) is 3.78. The Morgan fingerprint density at radius 3 is 2.00 bits per heavy atom. The van der Waals surface area contributed by atoms with Crippen LogP contribution in [-0.2, 0) is 9.59 Å². The third-order valence-corrected chi connectivity index (χ3v) is 2.67. The van der Waals surface area contributed by atoms with Crippen LogP contribution in [0.2, 0.25) is 0 Å². The topological polar surface area (TPSA) is 37.4 Å². The molecule has 0 aromatic carbocycles. The normalized spacial score (nSPS) is 23.1. The molecule has 4 heteroatoms. The van der Waals surface area contributed by atoms with Crippen molar-refractivity contribution in [2.75, 3.05) is 6.26 Å². The predicted molar refractivity (Wildman–Crippen MR) is 48.4 cm³/mol. The van der Waals surface area contributed by atoms with Crippen molar-refractivity contribution in [2.45, 2.75) is 26.7 Å². The van der Waals surface area contributed by atoms with Gasteiger partial charge in [-0.05, 0) is 17.4 Å². The molecule has 1 aliphatic heterocycles. The standard InChI is InChI=1S/C8H13NO2S/c1-8(2)4-6(10)9(12-3)7(11)5-8/h4-5H2,1-3H3. The second-order valence-corrected chi connectivity index (χ2v) is 4.51. The van der Waals surface area contributed by atoms with Gasteiger partial charge in [0.15, 0.2) is 0 Å². The molecule has 3 nitrogen and oxygen atoms in total. The zero-order valence-corrected chi connectivity index (χ0v) is 8.40. The average Bonchev–Trinajstić information content (AvgIpc) is 1.82. The maximum atomic E-state index is 11.3. The average molecular weight is 187 g/mol. The van der Waals surface area contributed by atoms with Gasteiger partial charge in [-0.25, -0.2) is 4.31 Å². The van der Waals surface area contributed by atoms with Gasteiger partial charge in [0.1, 0.15) is 0 Å². The highest BCUT2D eigenvalue weighted by Crippen LogP contribution is 2.33. The van der Waals surface area contributed by atoms with Crippen LogP contribution in [-0.4, -0.2) is 22.4 Å². The first-order valence-electron chi connectivity index (χ1n) is 3.86. The third-order valence-electron chi connectivity index (χ3n) is 1.90. The summed E-state index contributed by atoms with van der Waals surface area (Å²) >= 11 is 1.20. The van der Waals surface area contributed by atoms with Crippen molar-refractivity contribution in [3.8, 4) is 0 Å². The van der Waals surface area contributed by atoms with E-state index >= 15 is 0 Å². The Bertz CT molecular complexity index is 205. The Morgan fingerprint density at radius 1 is 1.25 bits per heavy atom. The minimum Gasteiger partial charge on any atom is -0.273 e. The van der Waals surface area contributed by atoms with Crippen molar-refractivity contribution in [3.63, 3.8) is 0 Å². The van der Waals surface area contributed by atoms with Gasteiger partial charge >= 0.3 is 0 Å². The van der Waals surface area contributed by atoms with Crippen LogP contribution in [0.4, 0.5) is 0 Å². The fraction of sp³-hybridized carbons (Fsp3) is 0.750. The number of nitrogens with zero attached hydrogens (tertiary/aromatic N) is 1. The van der Waals surface area contributed by atoms with E-state index in [4.69, 9.17) is 0 Å². The van der Waals surface area contributed by atoms with Crippen molar-refractivity contribution in [3.05, 3.63) is 0 Å². The molecule has 1 rings (SSSR count). The van der Waals surface area contributed by atoms with Crippen molar-refractivity contribution < 1.29 is 9.59 Å². The Balaban J connectivity index is 2.77. The van der Waals surface area contributed by atoms with Crippen LogP contribution >= 0.6 is 11.9 Å². The molecule has 0 aromatic rings. The highest BCUT2D eigenvalue weighted by molar-refractivity contribution is 7.97. The van der Waals surface area contributed by atoms with Crippen LogP contribution in [0.3, 0.4) is 0 Å². The zero-order chi connectivity index (χ0) is 9.35. The number of piperidine rings is 1. The first-order valence-corrected chi connectivity index (χ1v) is 5.04. The SMILES string of the molecule is CSN1C(=O)CC(C)(C)CC1=O. The second kappa shape index (κ2) is 3.09. The summed E-state index contributed by atoms with van der Waals surface area (Å²) in [5, 5.41) is 0. The Morgan fingerprint density at radius 2 is 1.67 bits per heavy atom. The molecule has 1 heterocycles. The third kappa shape index (κ3) is 1.80. The lowest BCUT2D eigenvalue weighted by atomic mass is 9.83. The minimum atomic E-state index is -0.152. The van der Waals surface area contributed by atoms with Crippen LogP contribution in [0.5, 0.6) is 0 Å². The maximum absolute atomic E-state index is 11.3. The van der Waals surface area contributed by atoms with Gasteiger partial charge in [0.25, 0.3) is 0 Å². The number of hydrogen-bond donors (Lipinski definition) is 0. The first-order chi connectivity index (χ1) is 5.46. The molecule has 0 bridgehead atoms. The van der Waals surface area contributed by atoms with Crippen molar-refractivity contribution in [1.82, 2.24) is 4.31 Å². The van der Waals surface area contributed by atoms with Gasteiger partial charge < -0.3 is 0 Å². The van der Waals surface area contributed by atoms with Crippen LogP contribution in [0.25, 0.3) is 0 Å². The highest BCUT2D eigenvalue weighted by atomic mass is 32.2. The molecule has 0 radical (unpaired) electrons. The summed E-state index contributed by atoms with van der Waals surface area (Å²) in [4.78, 5) is 22.7. The number of rotatable bonds is 1. The van der Waals surface area contributed by atoms with Gasteiger partial charge in [0.2, 0.25) is 11.8 Å². The molecular weight excluding hydrogens is 174 g/mol. The fourth-order valence-corrected chi connectivity index (χ4v) is 1.90. The minimum absolute atomic E-state index is 0.0660. The van der Waals surface area contributed by atoms with Gasteiger partial charge in [-0.15, -0.1) is 0 Å². The number of carbonyl (C=O) groups excluding carboxylic acids is 2. The fourth-order valence-electron chi connectivity index (χ4n) is 1.37. The Kier molecular flexibility index (Phi) is 2.46. The van der Waals surface area contributed by atoms with Gasteiger partial charge in [0.05, 0.1) is 0 Å². The van der Waals surface area contributed by atoms with E-state index in [1.807, 2.05) is 13.8 Å². The summed E-state index contributed by atoms with van der Waals surface area (Å²) in [5.74, 6) is -0.132. The quantitative estimate of drug-likeness (QED) is 0.460. The molecule has 0 unspecified atom stereocenters. The molecule has 0 atom stereocenters. The van der Waals surface area contributed by atoms with E-state index in [1.54, 1.807) is 6.26 Å². The highest BCUT2D eigenvalue weighted by Gasteiger charge is 2.37. The van der Waals surface area contributed by atoms with Gasteiger partial charge in [-0.1, -0.05) is 13.8 Å². The molecule has 0 saturated carbocycles. The van der Waals surface area contributed by atoms with Crippen LogP contribution in [0.15, 0.2) is 0 Å². The van der Waals surface area contributed by atoms with Crippen LogP contribution < -0.4 is 0 Å². The molecule has 0 N–H and O–H groups in total. The Labute approximate surface area is 76.6 Å². The van der Waals surface area contributed by atoms with Crippen molar-refractivity contribution >= 4 is 23.8 Å². The maximum Gasteiger partial charge on any atom is 0.239 e. The predicted octanol–water partition coefficient (Wildman–Crippen LogP) is 1.44. The molecule has 0 spiro atoms. The molecule has 1 fully saturated rings. The summed E-state index contributed by atoms with van der Waals surface area (Å²) in [6, 6.07) is 0. The van der Waals surface area contributed by atoms with E-state index in [0.717, 1.165) is 0 Å². The van der Waals surface area contributed by atoms with Gasteiger partial charge in [-0.2, -0.15) is 0 Å². The van der Waals surface area contributed by atoms with E-state index in [9.17, 15) is 9.59 Å². The molecule has 12 heavy (non-hydrogen) atoms. The van der Waals surface area contributed by atoms with E-state index in [0.29, 0.717) is 12.8 Å². The van der Waals surface area contributed by atoms with Gasteiger partial charge in [0, 0.05) is 19.1 Å². The molecule has 1 aliphatic rings. The molecule has 0 aliphatic carbocycles. The summed E-state index contributed by atoms with van der Waals surface area (Å²) in [6.45, 7) is 3.89. The molecule has 68 valence electrons. The largest absolute Gasteiger partial charge is 0.273 e. The number of hydrogen-bond acceptors (Lipinski definition) is 3. The van der Waals surface area contributed by atoms with Crippen LogP contribution in [0.1, 0.15) is 26.7 Å². The van der Waals surface area contributed by atoms with Crippen molar-refractivity contribution in [2.24, 2.45) is 5.41 Å². The van der Waals surface area contributed by atoms with Gasteiger partial charge in [-0.3, -0.25) is 9.59 Å². The molecule has 0 aromatic heterocycles. The van der Waals surface area contributed by atoms with Crippen LogP contribution in [0, 0.1) is 5.41 Å². The summed E-state index contributed by atoms with van der Waals surface area (Å²) in [7, 11) is 0. The Hall–Kier alpha value is -0.510. The zero-order valence-electron chi connectivity index (χ0n) is 7.59. The smallest absolute Gasteiger partial charge is 0.239 e. The monoisotopic (exact) mass is 187 g/mol. The number of amides is 2. The lowest BCUT2D eigenvalue weighted by molar-refractivity contribution is -0.144. The lowest BCUT2D eigenvalue weighted by Crippen LogP contribution is -2.41. The van der Waals surface area contributed by atoms with E-state index in [2.05, 4.69) is 0 Å². The number of carbonyl (C=O) groups is 2. The summed E-state index contributed by atoms with van der Waals surface area (Å²) in [6.07, 6.45) is 2.69. The lowest BCUT2D eigenvalue weighted by Gasteiger charge is -2.32. The number of imide groups is 1. The first kappa shape index (κ1) is 9.58. The summed E-state index contributed by atoms with van der Waals surface area (Å²) < 4.78 is 1.26. The van der Waals surface area contributed by atoms with E-state index < -0.39 is 0 Å². The molecular formula is C8H13NO2S. The van der Waals surface area contributed by atoms with Crippen molar-refractivity contribution in [1.29, 1.82) is 0 Å².